The molecule has 1 aromatic rings. The molecule has 0 saturated carbocycles. The Morgan fingerprint density at radius 2 is 2.18 bits per heavy atom. The van der Waals surface area contributed by atoms with Crippen LogP contribution >= 0.6 is 0 Å². The molecule has 0 N–H and O–H groups in total. The van der Waals surface area contributed by atoms with E-state index < -0.39 is 10.8 Å². The molecule has 0 fully saturated rings. The van der Waals surface area contributed by atoms with Gasteiger partial charge in [0.05, 0.1) is 12.0 Å². The molecule has 0 aliphatic heterocycles. The highest BCUT2D eigenvalue weighted by atomic mass is 16.6. The molecule has 92 valence electrons. The molecule has 1 atom stereocenters. The molecular formula is C12H15NO4. The average Bonchev–Trinajstić information content (AvgIpc) is 2.35. The number of nitrogens with zero attached hydrogens (tertiary/aromatic N) is 1. The van der Waals surface area contributed by atoms with Crippen LogP contribution in [-0.4, -0.2) is 17.8 Å². The Morgan fingerprint density at radius 3 is 2.65 bits per heavy atom. The summed E-state index contributed by atoms with van der Waals surface area (Å²) in [6.07, 6.45) is 0.357. The molecular weight excluding hydrogens is 222 g/mol. The molecule has 0 heterocycles. The molecule has 17 heavy (non-hydrogen) atoms. The SMILES string of the molecule is CCC(=O)C(C)c1cc(OC)ccc1[N+](=O)[O-]. The van der Waals surface area contributed by atoms with Crippen LogP contribution in [0.5, 0.6) is 5.75 Å². The van der Waals surface area contributed by atoms with Crippen LogP contribution in [-0.2, 0) is 4.79 Å². The minimum absolute atomic E-state index is 0.0265. The Balaban J connectivity index is 3.26. The first kappa shape index (κ1) is 13.2. The highest BCUT2D eigenvalue weighted by Gasteiger charge is 2.23. The van der Waals surface area contributed by atoms with Crippen LogP contribution < -0.4 is 4.74 Å². The molecule has 1 aromatic carbocycles. The van der Waals surface area contributed by atoms with Crippen molar-refractivity contribution in [2.45, 2.75) is 26.2 Å². The van der Waals surface area contributed by atoms with E-state index in [4.69, 9.17) is 4.74 Å². The van der Waals surface area contributed by atoms with Gasteiger partial charge >= 0.3 is 0 Å². The van der Waals surface area contributed by atoms with E-state index in [1.165, 1.54) is 19.2 Å². The van der Waals surface area contributed by atoms with Crippen molar-refractivity contribution in [2.24, 2.45) is 0 Å². The molecule has 0 amide bonds. The summed E-state index contributed by atoms with van der Waals surface area (Å²) in [6, 6.07) is 4.44. The van der Waals surface area contributed by atoms with Crippen molar-refractivity contribution in [2.75, 3.05) is 7.11 Å². The molecule has 0 aliphatic carbocycles. The lowest BCUT2D eigenvalue weighted by molar-refractivity contribution is -0.385. The van der Waals surface area contributed by atoms with Crippen LogP contribution in [0.25, 0.3) is 0 Å². The Labute approximate surface area is 99.5 Å². The maximum absolute atomic E-state index is 11.6. The van der Waals surface area contributed by atoms with Crippen LogP contribution in [0.3, 0.4) is 0 Å². The largest absolute Gasteiger partial charge is 0.497 e. The number of carbonyl (C=O) groups is 1. The van der Waals surface area contributed by atoms with Gasteiger partial charge in [0.25, 0.3) is 5.69 Å². The molecule has 1 rings (SSSR count). The second-order valence-electron chi connectivity index (χ2n) is 3.72. The number of Topliss-reactive ketones (excluding diaryl/α,β-unsaturated/α-hetero) is 1. The van der Waals surface area contributed by atoms with Crippen molar-refractivity contribution < 1.29 is 14.5 Å². The van der Waals surface area contributed by atoms with Gasteiger partial charge < -0.3 is 4.74 Å². The number of ketones is 1. The highest BCUT2D eigenvalue weighted by molar-refractivity contribution is 5.86. The minimum atomic E-state index is -0.490. The number of ether oxygens (including phenoxy) is 1. The number of benzene rings is 1. The third-order valence-electron chi connectivity index (χ3n) is 2.73. The summed E-state index contributed by atoms with van der Waals surface area (Å²) in [5.41, 5.74) is 0.362. The Bertz CT molecular complexity index is 442. The Kier molecular flexibility index (Phi) is 4.20. The van der Waals surface area contributed by atoms with E-state index in [1.807, 2.05) is 0 Å². The van der Waals surface area contributed by atoms with Gasteiger partial charge in [0.15, 0.2) is 0 Å². The van der Waals surface area contributed by atoms with E-state index in [9.17, 15) is 14.9 Å². The second kappa shape index (κ2) is 5.43. The van der Waals surface area contributed by atoms with Gasteiger partial charge in [-0.15, -0.1) is 0 Å². The lowest BCUT2D eigenvalue weighted by Crippen LogP contribution is -2.10. The van der Waals surface area contributed by atoms with Gasteiger partial charge in [-0.05, 0) is 12.1 Å². The summed E-state index contributed by atoms with van der Waals surface area (Å²) in [5, 5.41) is 10.9. The molecule has 5 nitrogen and oxygen atoms in total. The van der Waals surface area contributed by atoms with E-state index in [0.29, 0.717) is 17.7 Å². The summed E-state index contributed by atoms with van der Waals surface area (Å²) in [4.78, 5) is 22.0. The van der Waals surface area contributed by atoms with E-state index in [1.54, 1.807) is 19.9 Å². The van der Waals surface area contributed by atoms with E-state index in [2.05, 4.69) is 0 Å². The maximum atomic E-state index is 11.6. The molecule has 0 radical (unpaired) electrons. The lowest BCUT2D eigenvalue weighted by atomic mass is 9.93. The van der Waals surface area contributed by atoms with Crippen LogP contribution in [0.4, 0.5) is 5.69 Å². The fraction of sp³-hybridized carbons (Fsp3) is 0.417. The molecule has 0 aromatic heterocycles. The van der Waals surface area contributed by atoms with Gasteiger partial charge in [-0.2, -0.15) is 0 Å². The monoisotopic (exact) mass is 237 g/mol. The van der Waals surface area contributed by atoms with Crippen molar-refractivity contribution in [1.82, 2.24) is 0 Å². The van der Waals surface area contributed by atoms with E-state index in [0.717, 1.165) is 0 Å². The fourth-order valence-corrected chi connectivity index (χ4v) is 1.65. The minimum Gasteiger partial charge on any atom is -0.497 e. The second-order valence-corrected chi connectivity index (χ2v) is 3.72. The van der Waals surface area contributed by atoms with Crippen LogP contribution in [0.15, 0.2) is 18.2 Å². The molecule has 0 aliphatic rings. The molecule has 5 heteroatoms. The smallest absolute Gasteiger partial charge is 0.273 e. The highest BCUT2D eigenvalue weighted by Crippen LogP contribution is 2.31. The lowest BCUT2D eigenvalue weighted by Gasteiger charge is -2.11. The quantitative estimate of drug-likeness (QED) is 0.583. The number of nitro benzene ring substituents is 1. The van der Waals surface area contributed by atoms with Crippen LogP contribution in [0.1, 0.15) is 31.7 Å². The first-order chi connectivity index (χ1) is 8.01. The maximum Gasteiger partial charge on any atom is 0.273 e. The third-order valence-corrected chi connectivity index (χ3v) is 2.73. The van der Waals surface area contributed by atoms with Crippen molar-refractivity contribution >= 4 is 11.5 Å². The van der Waals surface area contributed by atoms with Crippen molar-refractivity contribution in [3.05, 3.63) is 33.9 Å². The van der Waals surface area contributed by atoms with Gasteiger partial charge in [0, 0.05) is 24.0 Å². The Morgan fingerprint density at radius 1 is 1.53 bits per heavy atom. The first-order valence-corrected chi connectivity index (χ1v) is 5.36. The normalized spacial score (nSPS) is 11.9. The number of hydrogen-bond donors (Lipinski definition) is 0. The molecule has 0 bridgehead atoms. The number of methoxy groups -OCH3 is 1. The number of rotatable bonds is 5. The summed E-state index contributed by atoms with van der Waals surface area (Å²) in [7, 11) is 1.48. The summed E-state index contributed by atoms with van der Waals surface area (Å²) >= 11 is 0. The van der Waals surface area contributed by atoms with Gasteiger partial charge in [0.1, 0.15) is 11.5 Å². The van der Waals surface area contributed by atoms with Crippen molar-refractivity contribution in [3.8, 4) is 5.75 Å². The van der Waals surface area contributed by atoms with Crippen LogP contribution in [0.2, 0.25) is 0 Å². The predicted octanol–water partition coefficient (Wildman–Crippen LogP) is 2.69. The first-order valence-electron chi connectivity index (χ1n) is 5.36. The predicted molar refractivity (Wildman–Crippen MR) is 63.4 cm³/mol. The van der Waals surface area contributed by atoms with Gasteiger partial charge in [-0.3, -0.25) is 14.9 Å². The number of nitro groups is 1. The average molecular weight is 237 g/mol. The third kappa shape index (κ3) is 2.81. The van der Waals surface area contributed by atoms with Crippen molar-refractivity contribution in [3.63, 3.8) is 0 Å². The van der Waals surface area contributed by atoms with E-state index in [-0.39, 0.29) is 11.5 Å². The molecule has 0 spiro atoms. The molecule has 1 unspecified atom stereocenters. The van der Waals surface area contributed by atoms with Gasteiger partial charge in [-0.1, -0.05) is 13.8 Å². The van der Waals surface area contributed by atoms with Gasteiger partial charge in [-0.25, -0.2) is 0 Å². The zero-order chi connectivity index (χ0) is 13.0. The van der Waals surface area contributed by atoms with Gasteiger partial charge in [0.2, 0.25) is 0 Å². The number of hydrogen-bond acceptors (Lipinski definition) is 4. The number of carbonyl (C=O) groups excluding carboxylic acids is 1. The zero-order valence-corrected chi connectivity index (χ0v) is 10.1. The summed E-state index contributed by atoms with van der Waals surface area (Å²) < 4.78 is 5.02. The Hall–Kier alpha value is -1.91. The van der Waals surface area contributed by atoms with Crippen LogP contribution in [0, 0.1) is 10.1 Å². The van der Waals surface area contributed by atoms with Crippen molar-refractivity contribution in [1.29, 1.82) is 0 Å². The fourth-order valence-electron chi connectivity index (χ4n) is 1.65. The topological polar surface area (TPSA) is 69.4 Å². The molecule has 0 saturated heterocycles. The summed E-state index contributed by atoms with van der Waals surface area (Å²) in [6.45, 7) is 3.42. The zero-order valence-electron chi connectivity index (χ0n) is 10.1. The standard InChI is InChI=1S/C12H15NO4/c1-4-12(14)8(2)10-7-9(17-3)5-6-11(10)13(15)16/h5-8H,4H2,1-3H3. The van der Waals surface area contributed by atoms with E-state index >= 15 is 0 Å². The summed E-state index contributed by atoms with van der Waals surface area (Å²) in [5.74, 6) is -0.00166.